The summed E-state index contributed by atoms with van der Waals surface area (Å²) in [6.45, 7) is 6.11. The Hall–Kier alpha value is -2.02. The quantitative estimate of drug-likeness (QED) is 0.370. The number of thioether (sulfide) groups is 1. The van der Waals surface area contributed by atoms with Gasteiger partial charge in [0.25, 0.3) is 0 Å². The van der Waals surface area contributed by atoms with Gasteiger partial charge in [0.1, 0.15) is 0 Å². The summed E-state index contributed by atoms with van der Waals surface area (Å²) in [5.74, 6) is 0.222. The van der Waals surface area contributed by atoms with Crippen molar-refractivity contribution in [1.82, 2.24) is 5.32 Å². The van der Waals surface area contributed by atoms with Crippen molar-refractivity contribution in [2.45, 2.75) is 56.6 Å². The Morgan fingerprint density at radius 3 is 2.72 bits per heavy atom. The van der Waals surface area contributed by atoms with Gasteiger partial charge in [-0.25, -0.2) is 4.79 Å². The number of dihydropyridines is 1. The highest BCUT2D eigenvalue weighted by Crippen LogP contribution is 2.45. The number of thiophene rings is 1. The molecule has 4 nitrogen and oxygen atoms in total. The summed E-state index contributed by atoms with van der Waals surface area (Å²) in [7, 11) is 0. The third-order valence-electron chi connectivity index (χ3n) is 5.80. The van der Waals surface area contributed by atoms with E-state index in [1.54, 1.807) is 30.0 Å². The van der Waals surface area contributed by atoms with E-state index in [9.17, 15) is 9.59 Å². The largest absolute Gasteiger partial charge is 0.463 e. The third-order valence-corrected chi connectivity index (χ3v) is 8.27. The number of carbonyl (C=O) groups excluding carboxylic acids is 2. The maximum absolute atomic E-state index is 13.0. The first kappa shape index (κ1) is 23.1. The zero-order valence-corrected chi connectivity index (χ0v) is 20.8. The zero-order chi connectivity index (χ0) is 22.8. The molecule has 0 saturated carbocycles. The van der Waals surface area contributed by atoms with Crippen molar-refractivity contribution < 1.29 is 14.3 Å². The molecule has 0 radical (unpaired) electrons. The van der Waals surface area contributed by atoms with Gasteiger partial charge in [0.15, 0.2) is 5.78 Å². The van der Waals surface area contributed by atoms with Crippen LogP contribution in [0.5, 0.6) is 0 Å². The number of hydrogen-bond donors (Lipinski definition) is 1. The molecule has 1 unspecified atom stereocenters. The van der Waals surface area contributed by atoms with Gasteiger partial charge >= 0.3 is 5.97 Å². The molecule has 0 saturated heterocycles. The lowest BCUT2D eigenvalue weighted by molar-refractivity contribution is -0.138. The monoisotopic (exact) mass is 487 g/mol. The molecule has 7 heteroatoms. The van der Waals surface area contributed by atoms with Crippen LogP contribution in [0.2, 0.25) is 5.02 Å². The molecule has 32 heavy (non-hydrogen) atoms. The van der Waals surface area contributed by atoms with Crippen LogP contribution < -0.4 is 5.32 Å². The Bertz CT molecular complexity index is 1110. The van der Waals surface area contributed by atoms with Crippen molar-refractivity contribution in [3.05, 3.63) is 73.2 Å². The second kappa shape index (κ2) is 9.86. The molecular formula is C25H26ClNO3S2. The van der Waals surface area contributed by atoms with Gasteiger partial charge in [-0.3, -0.25) is 4.79 Å². The fourth-order valence-electron chi connectivity index (χ4n) is 4.27. The Morgan fingerprint density at radius 1 is 1.25 bits per heavy atom. The topological polar surface area (TPSA) is 55.4 Å². The van der Waals surface area contributed by atoms with Crippen LogP contribution in [0.1, 0.15) is 54.3 Å². The number of benzene rings is 1. The normalized spacial score (nSPS) is 18.5. The number of carbonyl (C=O) groups is 2. The molecule has 4 rings (SSSR count). The van der Waals surface area contributed by atoms with E-state index in [-0.39, 0.29) is 17.7 Å². The number of Topliss-reactive ketones (excluding diaryl/α,β-unsaturated/α-hetero) is 1. The minimum absolute atomic E-state index is 0.126. The molecule has 1 N–H and O–H groups in total. The average Bonchev–Trinajstić information content (AvgIpc) is 3.13. The molecule has 2 aliphatic rings. The predicted octanol–water partition coefficient (Wildman–Crippen LogP) is 6.53. The number of ketones is 1. The minimum atomic E-state index is -0.365. The maximum Gasteiger partial charge on any atom is 0.336 e. The van der Waals surface area contributed by atoms with Crippen molar-refractivity contribution in [1.29, 1.82) is 0 Å². The van der Waals surface area contributed by atoms with Crippen LogP contribution in [0.25, 0.3) is 0 Å². The molecule has 1 aromatic carbocycles. The van der Waals surface area contributed by atoms with E-state index in [4.69, 9.17) is 16.3 Å². The van der Waals surface area contributed by atoms with Crippen LogP contribution in [0.4, 0.5) is 0 Å². The van der Waals surface area contributed by atoms with Crippen LogP contribution in [0.15, 0.2) is 57.8 Å². The highest BCUT2D eigenvalue weighted by Gasteiger charge is 2.40. The van der Waals surface area contributed by atoms with Crippen molar-refractivity contribution >= 4 is 46.5 Å². The summed E-state index contributed by atoms with van der Waals surface area (Å²) < 4.78 is 5.39. The van der Waals surface area contributed by atoms with Gasteiger partial charge in [0.2, 0.25) is 0 Å². The predicted molar refractivity (Wildman–Crippen MR) is 131 cm³/mol. The molecule has 1 aliphatic carbocycles. The van der Waals surface area contributed by atoms with Gasteiger partial charge < -0.3 is 10.1 Å². The summed E-state index contributed by atoms with van der Waals surface area (Å²) in [6.07, 6.45) is 2.19. The third kappa shape index (κ3) is 4.68. The summed E-state index contributed by atoms with van der Waals surface area (Å²) in [4.78, 5) is 29.3. The van der Waals surface area contributed by atoms with E-state index in [2.05, 4.69) is 18.3 Å². The first-order valence-electron chi connectivity index (χ1n) is 10.8. The number of esters is 1. The molecule has 2 aromatic rings. The number of ether oxygens (including phenoxy) is 1. The van der Waals surface area contributed by atoms with E-state index in [1.165, 1.54) is 10.4 Å². The number of halogens is 1. The van der Waals surface area contributed by atoms with Crippen LogP contribution in [0, 0.1) is 6.92 Å². The van der Waals surface area contributed by atoms with Crippen molar-refractivity contribution in [2.75, 3.05) is 6.61 Å². The van der Waals surface area contributed by atoms with Crippen molar-refractivity contribution in [2.24, 2.45) is 0 Å². The first-order valence-corrected chi connectivity index (χ1v) is 13.0. The second-order valence-corrected chi connectivity index (χ2v) is 10.7. The van der Waals surface area contributed by atoms with Gasteiger partial charge in [-0.15, -0.1) is 23.1 Å². The smallest absolute Gasteiger partial charge is 0.336 e. The fourth-order valence-corrected chi connectivity index (χ4v) is 6.61. The lowest BCUT2D eigenvalue weighted by Crippen LogP contribution is -2.34. The van der Waals surface area contributed by atoms with Crippen molar-refractivity contribution in [3.8, 4) is 0 Å². The van der Waals surface area contributed by atoms with Crippen molar-refractivity contribution in [3.63, 3.8) is 0 Å². The average molecular weight is 488 g/mol. The fraction of sp³-hybridized carbons (Fsp3) is 0.360. The summed E-state index contributed by atoms with van der Waals surface area (Å²) in [5.41, 5.74) is 4.25. The molecule has 1 aromatic heterocycles. The number of allylic oxidation sites excluding steroid dienone is 3. The molecule has 0 bridgehead atoms. The standard InChI is InChI=1S/C25H26ClNO3S2/c1-4-30-25(29)22-14(2)27-19-6-5-7-20(28)23(19)24(22)21-12-16(15(3)32-21)13-31-18-10-8-17(26)9-11-18/h8-12,24,27H,4-7,13H2,1-3H3. The number of hydrogen-bond acceptors (Lipinski definition) is 6. The van der Waals surface area contributed by atoms with E-state index < -0.39 is 0 Å². The van der Waals surface area contributed by atoms with Gasteiger partial charge in [-0.05, 0) is 69.5 Å². The zero-order valence-electron chi connectivity index (χ0n) is 18.4. The van der Waals surface area contributed by atoms with Gasteiger partial charge in [0.05, 0.1) is 18.1 Å². The Kier molecular flexibility index (Phi) is 7.13. The van der Waals surface area contributed by atoms with Crippen LogP contribution in [-0.2, 0) is 20.1 Å². The number of aryl methyl sites for hydroxylation is 1. The first-order chi connectivity index (χ1) is 15.4. The minimum Gasteiger partial charge on any atom is -0.463 e. The number of rotatable bonds is 6. The Morgan fingerprint density at radius 2 is 2.00 bits per heavy atom. The molecule has 0 spiro atoms. The van der Waals surface area contributed by atoms with Crippen LogP contribution >= 0.6 is 34.7 Å². The number of nitrogens with one attached hydrogen (secondary N) is 1. The van der Waals surface area contributed by atoms with Gasteiger partial charge in [0, 0.05) is 48.8 Å². The molecule has 1 aliphatic heterocycles. The molecule has 0 amide bonds. The van der Waals surface area contributed by atoms with Crippen LogP contribution in [-0.4, -0.2) is 18.4 Å². The summed E-state index contributed by atoms with van der Waals surface area (Å²) in [5, 5.41) is 4.06. The maximum atomic E-state index is 13.0. The molecule has 1 atom stereocenters. The molecule has 168 valence electrons. The molecule has 0 fully saturated rings. The van der Waals surface area contributed by atoms with E-state index >= 15 is 0 Å². The summed E-state index contributed by atoms with van der Waals surface area (Å²) in [6, 6.07) is 9.99. The second-order valence-electron chi connectivity index (χ2n) is 7.96. The Balaban J connectivity index is 1.69. The van der Waals surface area contributed by atoms with E-state index in [0.29, 0.717) is 18.6 Å². The highest BCUT2D eigenvalue weighted by molar-refractivity contribution is 7.98. The van der Waals surface area contributed by atoms with E-state index in [0.717, 1.165) is 50.4 Å². The van der Waals surface area contributed by atoms with E-state index in [1.807, 2.05) is 31.2 Å². The van der Waals surface area contributed by atoms with Gasteiger partial charge in [-0.2, -0.15) is 0 Å². The SMILES string of the molecule is CCOC(=O)C1=C(C)NC2=C(C(=O)CCC2)C1c1cc(CSc2ccc(Cl)cc2)c(C)s1. The van der Waals surface area contributed by atoms with Gasteiger partial charge in [-0.1, -0.05) is 11.6 Å². The lowest BCUT2D eigenvalue weighted by Gasteiger charge is -2.33. The Labute approximate surface area is 202 Å². The van der Waals surface area contributed by atoms with Crippen LogP contribution in [0.3, 0.4) is 0 Å². The molecular weight excluding hydrogens is 462 g/mol. The summed E-state index contributed by atoms with van der Waals surface area (Å²) >= 11 is 9.41. The highest BCUT2D eigenvalue weighted by atomic mass is 35.5. The molecule has 2 heterocycles. The lowest BCUT2D eigenvalue weighted by atomic mass is 9.78.